The molecule has 7 heteroatoms. The van der Waals surface area contributed by atoms with Gasteiger partial charge in [-0.15, -0.1) is 12.3 Å². The Morgan fingerprint density at radius 3 is 2.72 bits per heavy atom. The molecule has 1 aromatic carbocycles. The van der Waals surface area contributed by atoms with Gasteiger partial charge in [0.15, 0.2) is 0 Å². The normalized spacial score (nSPS) is 11.2. The molecule has 0 saturated carbocycles. The van der Waals surface area contributed by atoms with Crippen molar-refractivity contribution in [2.45, 2.75) is 12.5 Å². The van der Waals surface area contributed by atoms with Crippen molar-refractivity contribution in [3.05, 3.63) is 51.4 Å². The van der Waals surface area contributed by atoms with Gasteiger partial charge in [-0.05, 0) is 18.2 Å². The maximum absolute atomic E-state index is 12.4. The molecule has 1 atom stereocenters. The molecule has 126 valence electrons. The summed E-state index contributed by atoms with van der Waals surface area (Å²) in [6.45, 7) is 0. The van der Waals surface area contributed by atoms with Crippen LogP contribution < -0.4 is 10.3 Å². The molecule has 25 heavy (non-hydrogen) atoms. The van der Waals surface area contributed by atoms with Gasteiger partial charge in [0.1, 0.15) is 11.8 Å². The van der Waals surface area contributed by atoms with Crippen LogP contribution in [-0.2, 0) is 4.79 Å². The molecule has 1 unspecified atom stereocenters. The Labute approximate surface area is 148 Å². The quantitative estimate of drug-likeness (QED) is 0.831. The van der Waals surface area contributed by atoms with Crippen molar-refractivity contribution in [3.8, 4) is 35.3 Å². The fourth-order valence-corrected chi connectivity index (χ4v) is 2.57. The Kier molecular flexibility index (Phi) is 5.49. The van der Waals surface area contributed by atoms with E-state index >= 15 is 0 Å². The van der Waals surface area contributed by atoms with Gasteiger partial charge < -0.3 is 9.84 Å². The lowest BCUT2D eigenvalue weighted by molar-refractivity contribution is -0.140. The lowest BCUT2D eigenvalue weighted by Crippen LogP contribution is -2.29. The number of methoxy groups -OCH3 is 1. The third-order valence-electron chi connectivity index (χ3n) is 3.59. The molecule has 2 aromatic rings. The highest BCUT2D eigenvalue weighted by atomic mass is 35.5. The van der Waals surface area contributed by atoms with Crippen LogP contribution in [0.25, 0.3) is 11.1 Å². The number of nitriles is 1. The fourth-order valence-electron chi connectivity index (χ4n) is 2.40. The molecule has 0 saturated heterocycles. The van der Waals surface area contributed by atoms with Crippen LogP contribution in [0, 0.1) is 23.7 Å². The molecule has 1 heterocycles. The summed E-state index contributed by atoms with van der Waals surface area (Å²) in [7, 11) is 1.38. The summed E-state index contributed by atoms with van der Waals surface area (Å²) >= 11 is 5.99. The number of terminal acetylenes is 1. The highest BCUT2D eigenvalue weighted by Crippen LogP contribution is 2.33. The van der Waals surface area contributed by atoms with Crippen molar-refractivity contribution in [2.24, 2.45) is 0 Å². The van der Waals surface area contributed by atoms with Crippen LogP contribution in [0.4, 0.5) is 0 Å². The zero-order valence-corrected chi connectivity index (χ0v) is 13.9. The minimum absolute atomic E-state index is 0.154. The molecule has 0 aliphatic rings. The molecule has 1 N–H and O–H groups in total. The summed E-state index contributed by atoms with van der Waals surface area (Å²) in [4.78, 5) is 23.8. The van der Waals surface area contributed by atoms with E-state index in [-0.39, 0.29) is 12.2 Å². The monoisotopic (exact) mass is 356 g/mol. The van der Waals surface area contributed by atoms with E-state index in [9.17, 15) is 20.0 Å². The third-order valence-corrected chi connectivity index (χ3v) is 3.82. The Morgan fingerprint density at radius 2 is 2.16 bits per heavy atom. The van der Waals surface area contributed by atoms with E-state index in [1.165, 1.54) is 31.5 Å². The smallest absolute Gasteiger partial charge is 0.327 e. The number of aliphatic carboxylic acids is 1. The summed E-state index contributed by atoms with van der Waals surface area (Å²) in [5.41, 5.74) is 0.480. The maximum atomic E-state index is 12.4. The van der Waals surface area contributed by atoms with E-state index in [2.05, 4.69) is 5.92 Å². The predicted octanol–water partition coefficient (Wildman–Crippen LogP) is 2.70. The number of carboxylic acids is 1. The van der Waals surface area contributed by atoms with Crippen molar-refractivity contribution < 1.29 is 14.6 Å². The van der Waals surface area contributed by atoms with Gasteiger partial charge in [0, 0.05) is 28.6 Å². The van der Waals surface area contributed by atoms with Gasteiger partial charge >= 0.3 is 5.97 Å². The second-order valence-electron chi connectivity index (χ2n) is 5.06. The van der Waals surface area contributed by atoms with Crippen molar-refractivity contribution in [3.63, 3.8) is 0 Å². The largest absolute Gasteiger partial charge is 0.495 e. The zero-order chi connectivity index (χ0) is 18.6. The molecule has 6 nitrogen and oxygen atoms in total. The Bertz CT molecular complexity index is 967. The zero-order valence-electron chi connectivity index (χ0n) is 13.2. The summed E-state index contributed by atoms with van der Waals surface area (Å²) < 4.78 is 6.29. The van der Waals surface area contributed by atoms with Gasteiger partial charge in [0.05, 0.1) is 24.9 Å². The molecule has 1 aromatic heterocycles. The number of hydrogen-bond donors (Lipinski definition) is 1. The Morgan fingerprint density at radius 1 is 1.44 bits per heavy atom. The SMILES string of the molecule is C#CCC(C(=O)O)n1cc(OC)c(-c2cc(Cl)ccc2C#N)cc1=O. The van der Waals surface area contributed by atoms with Crippen LogP contribution in [0.3, 0.4) is 0 Å². The van der Waals surface area contributed by atoms with Gasteiger partial charge in [-0.3, -0.25) is 9.36 Å². The van der Waals surface area contributed by atoms with Crippen LogP contribution in [0.5, 0.6) is 5.75 Å². The van der Waals surface area contributed by atoms with Crippen LogP contribution in [0.15, 0.2) is 35.3 Å². The number of pyridine rings is 1. The number of aromatic nitrogens is 1. The maximum Gasteiger partial charge on any atom is 0.327 e. The van der Waals surface area contributed by atoms with E-state index in [0.29, 0.717) is 21.7 Å². The van der Waals surface area contributed by atoms with E-state index in [4.69, 9.17) is 22.8 Å². The summed E-state index contributed by atoms with van der Waals surface area (Å²) in [6, 6.07) is 6.65. The van der Waals surface area contributed by atoms with Gasteiger partial charge in [-0.2, -0.15) is 5.26 Å². The van der Waals surface area contributed by atoms with E-state index in [1.807, 2.05) is 6.07 Å². The number of rotatable bonds is 5. The number of carboxylic acid groups (broad SMARTS) is 1. The molecule has 0 aliphatic heterocycles. The first-order chi connectivity index (χ1) is 11.9. The summed E-state index contributed by atoms with van der Waals surface area (Å²) in [5.74, 6) is 1.24. The summed E-state index contributed by atoms with van der Waals surface area (Å²) in [5, 5.41) is 19.0. The number of benzene rings is 1. The number of halogens is 1. The second-order valence-corrected chi connectivity index (χ2v) is 5.50. The van der Waals surface area contributed by atoms with Crippen molar-refractivity contribution in [1.29, 1.82) is 5.26 Å². The third kappa shape index (κ3) is 3.65. The van der Waals surface area contributed by atoms with Crippen molar-refractivity contribution in [2.75, 3.05) is 7.11 Å². The van der Waals surface area contributed by atoms with E-state index < -0.39 is 17.6 Å². The first kappa shape index (κ1) is 18.1. The van der Waals surface area contributed by atoms with Crippen LogP contribution in [0.2, 0.25) is 5.02 Å². The molecular weight excluding hydrogens is 344 g/mol. The highest BCUT2D eigenvalue weighted by Gasteiger charge is 2.22. The first-order valence-corrected chi connectivity index (χ1v) is 7.47. The standard InChI is InChI=1S/C18H13ClN2O4/c1-3-4-15(18(23)24)21-10-16(25-2)14(8-17(21)22)13-7-12(19)6-5-11(13)9-20/h1,5-8,10,15H,4H2,2H3,(H,23,24). The molecule has 0 bridgehead atoms. The van der Waals surface area contributed by atoms with Crippen LogP contribution in [-0.4, -0.2) is 22.8 Å². The van der Waals surface area contributed by atoms with Crippen LogP contribution in [0.1, 0.15) is 18.0 Å². The van der Waals surface area contributed by atoms with Gasteiger partial charge in [-0.25, -0.2) is 4.79 Å². The number of nitrogens with zero attached hydrogens (tertiary/aromatic N) is 2. The Balaban J connectivity index is 2.73. The predicted molar refractivity (Wildman–Crippen MR) is 92.5 cm³/mol. The van der Waals surface area contributed by atoms with Gasteiger partial charge in [0.2, 0.25) is 0 Å². The molecule has 2 rings (SSSR count). The van der Waals surface area contributed by atoms with Crippen molar-refractivity contribution >= 4 is 17.6 Å². The topological polar surface area (TPSA) is 92.3 Å². The number of hydrogen-bond acceptors (Lipinski definition) is 4. The first-order valence-electron chi connectivity index (χ1n) is 7.09. The molecule has 0 amide bonds. The molecule has 0 spiro atoms. The van der Waals surface area contributed by atoms with Crippen molar-refractivity contribution in [1.82, 2.24) is 4.57 Å². The average molecular weight is 357 g/mol. The molecule has 0 radical (unpaired) electrons. The van der Waals surface area contributed by atoms with Gasteiger partial charge in [-0.1, -0.05) is 11.6 Å². The lowest BCUT2D eigenvalue weighted by Gasteiger charge is -2.17. The minimum atomic E-state index is -1.23. The van der Waals surface area contributed by atoms with Crippen LogP contribution >= 0.6 is 11.6 Å². The summed E-state index contributed by atoms with van der Waals surface area (Å²) in [6.07, 6.45) is 6.31. The van der Waals surface area contributed by atoms with Gasteiger partial charge in [0.25, 0.3) is 5.56 Å². The van der Waals surface area contributed by atoms with E-state index in [1.54, 1.807) is 6.07 Å². The highest BCUT2D eigenvalue weighted by molar-refractivity contribution is 6.31. The lowest BCUT2D eigenvalue weighted by atomic mass is 10.0. The number of ether oxygens (including phenoxy) is 1. The Hall–Kier alpha value is -3.22. The molecule has 0 fully saturated rings. The second kappa shape index (κ2) is 7.57. The fraction of sp³-hybridized carbons (Fsp3) is 0.167. The minimum Gasteiger partial charge on any atom is -0.495 e. The average Bonchev–Trinajstić information content (AvgIpc) is 2.59. The van der Waals surface area contributed by atoms with E-state index in [0.717, 1.165) is 4.57 Å². The molecule has 0 aliphatic carbocycles. The number of carbonyl (C=O) groups is 1. The molecular formula is C18H13ClN2O4.